The summed E-state index contributed by atoms with van der Waals surface area (Å²) < 4.78 is 56.2. The fourth-order valence-electron chi connectivity index (χ4n) is 3.31. The van der Waals surface area contributed by atoms with Crippen molar-refractivity contribution in [3.8, 4) is 17.1 Å². The van der Waals surface area contributed by atoms with Gasteiger partial charge in [0.15, 0.2) is 5.69 Å². The van der Waals surface area contributed by atoms with Crippen LogP contribution < -0.4 is 0 Å². The number of aromatic nitrogens is 2. The fraction of sp³-hybridized carbons (Fsp3) is 0.318. The van der Waals surface area contributed by atoms with E-state index in [1.165, 1.54) is 22.8 Å². The maximum Gasteiger partial charge on any atom is 0.434 e. The van der Waals surface area contributed by atoms with E-state index in [9.17, 15) is 17.6 Å². The Balaban J connectivity index is 2.40. The van der Waals surface area contributed by atoms with Gasteiger partial charge in [0, 0.05) is 6.20 Å². The lowest BCUT2D eigenvalue weighted by Crippen LogP contribution is -2.08. The van der Waals surface area contributed by atoms with Gasteiger partial charge in [0.1, 0.15) is 11.6 Å². The molecular weight excluding hydrogens is 368 g/mol. The number of hydrogen-bond donors (Lipinski definition) is 0. The molecule has 0 spiro atoms. The number of halogens is 4. The van der Waals surface area contributed by atoms with E-state index in [-0.39, 0.29) is 23.2 Å². The first kappa shape index (κ1) is 20.1. The van der Waals surface area contributed by atoms with Gasteiger partial charge >= 0.3 is 6.18 Å². The Morgan fingerprint density at radius 2 is 1.43 bits per heavy atom. The van der Waals surface area contributed by atoms with Gasteiger partial charge in [-0.2, -0.15) is 13.2 Å². The van der Waals surface area contributed by atoms with Crippen LogP contribution in [0.15, 0.2) is 48.7 Å². The third kappa shape index (κ3) is 3.68. The van der Waals surface area contributed by atoms with Crippen molar-refractivity contribution in [2.45, 2.75) is 45.7 Å². The molecule has 28 heavy (non-hydrogen) atoms. The van der Waals surface area contributed by atoms with Crippen LogP contribution in [0.1, 0.15) is 56.4 Å². The summed E-state index contributed by atoms with van der Waals surface area (Å²) in [5.74, 6) is -0.533. The number of rotatable bonds is 4. The van der Waals surface area contributed by atoms with Gasteiger partial charge in [-0.05, 0) is 35.1 Å². The van der Waals surface area contributed by atoms with Crippen LogP contribution in [0.5, 0.6) is 0 Å². The molecule has 148 valence electrons. The first-order valence-electron chi connectivity index (χ1n) is 9.16. The van der Waals surface area contributed by atoms with Gasteiger partial charge in [-0.15, -0.1) is 0 Å². The van der Waals surface area contributed by atoms with Crippen LogP contribution in [0.3, 0.4) is 0 Å². The van der Waals surface area contributed by atoms with Gasteiger partial charge in [0.2, 0.25) is 0 Å². The van der Waals surface area contributed by atoms with Crippen LogP contribution >= 0.6 is 0 Å². The van der Waals surface area contributed by atoms with Gasteiger partial charge < -0.3 is 0 Å². The first-order chi connectivity index (χ1) is 13.1. The summed E-state index contributed by atoms with van der Waals surface area (Å²) >= 11 is 0. The third-order valence-electron chi connectivity index (χ3n) is 4.69. The van der Waals surface area contributed by atoms with Crippen molar-refractivity contribution in [3.63, 3.8) is 0 Å². The normalized spacial score (nSPS) is 12.2. The minimum atomic E-state index is -4.63. The molecule has 0 aliphatic rings. The standard InChI is InChI=1S/C22H22F4N2/c1-13(2)15-9-7-10-16(14(3)4)20(15)28-12-19(22(24,25)26)27-21(28)17-8-5-6-11-18(17)23/h5-14H,1-4H3. The molecule has 0 atom stereocenters. The van der Waals surface area contributed by atoms with E-state index in [4.69, 9.17) is 0 Å². The quantitative estimate of drug-likeness (QED) is 0.441. The number of imidazole rings is 1. The lowest BCUT2D eigenvalue weighted by atomic mass is 9.92. The molecule has 2 nitrogen and oxygen atoms in total. The van der Waals surface area contributed by atoms with Crippen molar-refractivity contribution < 1.29 is 17.6 Å². The molecule has 0 unspecified atom stereocenters. The molecule has 0 saturated carbocycles. The first-order valence-corrected chi connectivity index (χ1v) is 9.16. The van der Waals surface area contributed by atoms with Crippen LogP contribution in [0, 0.1) is 5.82 Å². The molecule has 0 saturated heterocycles. The minimum absolute atomic E-state index is 0.0336. The topological polar surface area (TPSA) is 17.8 Å². The monoisotopic (exact) mass is 390 g/mol. The summed E-state index contributed by atoms with van der Waals surface area (Å²) in [5, 5.41) is 0. The van der Waals surface area contributed by atoms with Crippen molar-refractivity contribution in [3.05, 3.63) is 71.3 Å². The number of alkyl halides is 3. The highest BCUT2D eigenvalue weighted by Gasteiger charge is 2.36. The van der Waals surface area contributed by atoms with Crippen molar-refractivity contribution >= 4 is 0 Å². The molecule has 3 aromatic rings. The zero-order chi connectivity index (χ0) is 20.6. The summed E-state index contributed by atoms with van der Waals surface area (Å²) in [7, 11) is 0. The molecule has 0 aliphatic heterocycles. The zero-order valence-electron chi connectivity index (χ0n) is 16.2. The molecular formula is C22H22F4N2. The molecule has 2 aromatic carbocycles. The van der Waals surface area contributed by atoms with Crippen LogP contribution in [0.25, 0.3) is 17.1 Å². The Hall–Kier alpha value is -2.63. The highest BCUT2D eigenvalue weighted by Crippen LogP contribution is 2.37. The molecule has 0 aliphatic carbocycles. The Morgan fingerprint density at radius 3 is 1.93 bits per heavy atom. The molecule has 0 bridgehead atoms. The van der Waals surface area contributed by atoms with Gasteiger partial charge in [-0.25, -0.2) is 9.37 Å². The number of hydrogen-bond acceptors (Lipinski definition) is 1. The summed E-state index contributed by atoms with van der Waals surface area (Å²) in [6.07, 6.45) is -3.66. The molecule has 0 amide bonds. The smallest absolute Gasteiger partial charge is 0.298 e. The van der Waals surface area contributed by atoms with E-state index in [1.54, 1.807) is 6.07 Å². The Kier molecular flexibility index (Phi) is 5.33. The maximum absolute atomic E-state index is 14.5. The highest BCUT2D eigenvalue weighted by molar-refractivity contribution is 5.63. The van der Waals surface area contributed by atoms with Crippen molar-refractivity contribution in [1.82, 2.24) is 9.55 Å². The van der Waals surface area contributed by atoms with E-state index in [0.717, 1.165) is 17.3 Å². The second-order valence-electron chi connectivity index (χ2n) is 7.39. The lowest BCUT2D eigenvalue weighted by Gasteiger charge is -2.21. The molecule has 0 N–H and O–H groups in total. The van der Waals surface area contributed by atoms with Gasteiger partial charge in [0.05, 0.1) is 11.3 Å². The Morgan fingerprint density at radius 1 is 0.857 bits per heavy atom. The molecule has 3 rings (SSSR count). The maximum atomic E-state index is 14.5. The average molecular weight is 390 g/mol. The number of para-hydroxylation sites is 1. The number of benzene rings is 2. The predicted octanol–water partition coefficient (Wildman–Crippen LogP) is 6.94. The largest absolute Gasteiger partial charge is 0.434 e. The van der Waals surface area contributed by atoms with E-state index < -0.39 is 17.7 Å². The second-order valence-corrected chi connectivity index (χ2v) is 7.39. The zero-order valence-corrected chi connectivity index (χ0v) is 16.2. The van der Waals surface area contributed by atoms with Gasteiger partial charge in [-0.1, -0.05) is 58.0 Å². The predicted molar refractivity (Wildman–Crippen MR) is 102 cm³/mol. The van der Waals surface area contributed by atoms with Crippen molar-refractivity contribution in [2.75, 3.05) is 0 Å². The number of nitrogens with zero attached hydrogens (tertiary/aromatic N) is 2. The van der Waals surface area contributed by atoms with E-state index in [1.807, 2.05) is 45.9 Å². The van der Waals surface area contributed by atoms with E-state index >= 15 is 0 Å². The SMILES string of the molecule is CC(C)c1cccc(C(C)C)c1-n1cc(C(F)(F)F)nc1-c1ccccc1F. The average Bonchev–Trinajstić information content (AvgIpc) is 3.06. The van der Waals surface area contributed by atoms with Gasteiger partial charge in [0.25, 0.3) is 0 Å². The fourth-order valence-corrected chi connectivity index (χ4v) is 3.31. The summed E-state index contributed by atoms with van der Waals surface area (Å²) in [6.45, 7) is 7.92. The molecule has 6 heteroatoms. The third-order valence-corrected chi connectivity index (χ3v) is 4.69. The van der Waals surface area contributed by atoms with E-state index in [0.29, 0.717) is 5.69 Å². The van der Waals surface area contributed by atoms with Gasteiger partial charge in [-0.3, -0.25) is 4.57 Å². The van der Waals surface area contributed by atoms with Crippen molar-refractivity contribution in [1.29, 1.82) is 0 Å². The van der Waals surface area contributed by atoms with Crippen LogP contribution in [-0.2, 0) is 6.18 Å². The Labute approximate surface area is 161 Å². The van der Waals surface area contributed by atoms with E-state index in [2.05, 4.69) is 4.98 Å². The highest BCUT2D eigenvalue weighted by atomic mass is 19.4. The molecule has 1 aromatic heterocycles. The van der Waals surface area contributed by atoms with Crippen LogP contribution in [0.2, 0.25) is 0 Å². The summed E-state index contributed by atoms with van der Waals surface area (Å²) in [4.78, 5) is 3.79. The van der Waals surface area contributed by atoms with Crippen molar-refractivity contribution in [2.24, 2.45) is 0 Å². The molecule has 0 radical (unpaired) electrons. The van der Waals surface area contributed by atoms with Crippen LogP contribution in [0.4, 0.5) is 17.6 Å². The summed E-state index contributed by atoms with van der Waals surface area (Å²) in [5.41, 5.74) is 1.39. The Bertz CT molecular complexity index is 958. The molecule has 0 fully saturated rings. The molecule has 1 heterocycles. The summed E-state index contributed by atoms with van der Waals surface area (Å²) in [6, 6.07) is 11.4. The minimum Gasteiger partial charge on any atom is -0.298 e. The van der Waals surface area contributed by atoms with Crippen LogP contribution in [-0.4, -0.2) is 9.55 Å². The second kappa shape index (κ2) is 7.41. The lowest BCUT2D eigenvalue weighted by molar-refractivity contribution is -0.140.